The van der Waals surface area contributed by atoms with Gasteiger partial charge in [0.05, 0.1) is 6.10 Å². The van der Waals surface area contributed by atoms with E-state index in [1.807, 2.05) is 24.5 Å². The first-order valence-corrected chi connectivity index (χ1v) is 6.11. The molecule has 1 aliphatic rings. The SMILES string of the molecule is CC(N[C@H]1CCCC[C@@H]1O)c1ccncc1. The molecule has 1 aromatic heterocycles. The monoisotopic (exact) mass is 220 g/mol. The van der Waals surface area contributed by atoms with E-state index >= 15 is 0 Å². The third-order valence-electron chi connectivity index (χ3n) is 3.40. The summed E-state index contributed by atoms with van der Waals surface area (Å²) in [6.45, 7) is 2.14. The van der Waals surface area contributed by atoms with Gasteiger partial charge in [0.1, 0.15) is 0 Å². The Bertz CT molecular complexity index is 315. The smallest absolute Gasteiger partial charge is 0.0693 e. The Morgan fingerprint density at radius 3 is 2.69 bits per heavy atom. The Balaban J connectivity index is 1.94. The molecule has 16 heavy (non-hydrogen) atoms. The highest BCUT2D eigenvalue weighted by Crippen LogP contribution is 2.21. The highest BCUT2D eigenvalue weighted by Gasteiger charge is 2.24. The van der Waals surface area contributed by atoms with Gasteiger partial charge in [0, 0.05) is 24.5 Å². The van der Waals surface area contributed by atoms with Crippen LogP contribution in [0.2, 0.25) is 0 Å². The summed E-state index contributed by atoms with van der Waals surface area (Å²) in [4.78, 5) is 4.01. The number of aliphatic hydroxyl groups is 1. The minimum absolute atomic E-state index is 0.182. The van der Waals surface area contributed by atoms with Crippen LogP contribution in [0.1, 0.15) is 44.2 Å². The largest absolute Gasteiger partial charge is 0.392 e. The average Bonchev–Trinajstić information content (AvgIpc) is 2.33. The lowest BCUT2D eigenvalue weighted by molar-refractivity contribution is 0.0860. The van der Waals surface area contributed by atoms with Gasteiger partial charge in [0.25, 0.3) is 0 Å². The summed E-state index contributed by atoms with van der Waals surface area (Å²) >= 11 is 0. The van der Waals surface area contributed by atoms with Crippen molar-refractivity contribution in [3.05, 3.63) is 30.1 Å². The lowest BCUT2D eigenvalue weighted by atomic mass is 9.91. The van der Waals surface area contributed by atoms with E-state index in [9.17, 15) is 5.11 Å². The summed E-state index contributed by atoms with van der Waals surface area (Å²) < 4.78 is 0. The Morgan fingerprint density at radius 2 is 2.00 bits per heavy atom. The number of aliphatic hydroxyl groups excluding tert-OH is 1. The van der Waals surface area contributed by atoms with Gasteiger partial charge >= 0.3 is 0 Å². The molecule has 1 saturated carbocycles. The molecule has 0 bridgehead atoms. The van der Waals surface area contributed by atoms with Crippen molar-refractivity contribution in [2.75, 3.05) is 0 Å². The molecular formula is C13H20N2O. The summed E-state index contributed by atoms with van der Waals surface area (Å²) in [6.07, 6.45) is 7.83. The van der Waals surface area contributed by atoms with E-state index < -0.39 is 0 Å². The van der Waals surface area contributed by atoms with Crippen LogP contribution in [0.15, 0.2) is 24.5 Å². The number of aromatic nitrogens is 1. The molecule has 0 saturated heterocycles. The van der Waals surface area contributed by atoms with Crippen molar-refractivity contribution in [3.8, 4) is 0 Å². The van der Waals surface area contributed by atoms with E-state index in [4.69, 9.17) is 0 Å². The number of hydrogen-bond acceptors (Lipinski definition) is 3. The number of nitrogens with one attached hydrogen (secondary N) is 1. The van der Waals surface area contributed by atoms with Crippen molar-refractivity contribution < 1.29 is 5.11 Å². The van der Waals surface area contributed by atoms with E-state index in [0.717, 1.165) is 19.3 Å². The van der Waals surface area contributed by atoms with Crippen molar-refractivity contribution in [3.63, 3.8) is 0 Å². The summed E-state index contributed by atoms with van der Waals surface area (Å²) in [6, 6.07) is 4.57. The fourth-order valence-electron chi connectivity index (χ4n) is 2.38. The predicted molar refractivity (Wildman–Crippen MR) is 64.1 cm³/mol. The first-order valence-electron chi connectivity index (χ1n) is 6.11. The Hall–Kier alpha value is -0.930. The second-order valence-electron chi connectivity index (χ2n) is 4.63. The summed E-state index contributed by atoms with van der Waals surface area (Å²) in [7, 11) is 0. The molecule has 2 N–H and O–H groups in total. The van der Waals surface area contributed by atoms with Gasteiger partial charge in [-0.2, -0.15) is 0 Å². The number of rotatable bonds is 3. The van der Waals surface area contributed by atoms with Crippen LogP contribution >= 0.6 is 0 Å². The second-order valence-corrected chi connectivity index (χ2v) is 4.63. The van der Waals surface area contributed by atoms with E-state index in [-0.39, 0.29) is 18.2 Å². The summed E-state index contributed by atoms with van der Waals surface area (Å²) in [5, 5.41) is 13.4. The van der Waals surface area contributed by atoms with Gasteiger partial charge in [-0.3, -0.25) is 4.98 Å². The van der Waals surface area contributed by atoms with Crippen LogP contribution in [0, 0.1) is 0 Å². The third kappa shape index (κ3) is 2.80. The summed E-state index contributed by atoms with van der Waals surface area (Å²) in [5.41, 5.74) is 1.23. The molecule has 0 amide bonds. The van der Waals surface area contributed by atoms with E-state index in [2.05, 4.69) is 17.2 Å². The van der Waals surface area contributed by atoms with Gasteiger partial charge in [0.2, 0.25) is 0 Å². The molecular weight excluding hydrogens is 200 g/mol. The highest BCUT2D eigenvalue weighted by atomic mass is 16.3. The quantitative estimate of drug-likeness (QED) is 0.819. The molecule has 3 heteroatoms. The van der Waals surface area contributed by atoms with Crippen molar-refractivity contribution in [2.45, 2.75) is 50.8 Å². The van der Waals surface area contributed by atoms with Gasteiger partial charge in [-0.15, -0.1) is 0 Å². The van der Waals surface area contributed by atoms with Crippen molar-refractivity contribution >= 4 is 0 Å². The van der Waals surface area contributed by atoms with Gasteiger partial charge < -0.3 is 10.4 Å². The molecule has 0 spiro atoms. The predicted octanol–water partition coefficient (Wildman–Crippen LogP) is 2.04. The Labute approximate surface area is 96.9 Å². The molecule has 1 aliphatic carbocycles. The molecule has 1 aromatic rings. The average molecular weight is 220 g/mol. The van der Waals surface area contributed by atoms with Gasteiger partial charge in [0.15, 0.2) is 0 Å². The Morgan fingerprint density at radius 1 is 1.31 bits per heavy atom. The molecule has 1 unspecified atom stereocenters. The molecule has 3 atom stereocenters. The van der Waals surface area contributed by atoms with Gasteiger partial charge in [-0.05, 0) is 37.5 Å². The fraction of sp³-hybridized carbons (Fsp3) is 0.615. The normalized spacial score (nSPS) is 27.6. The van der Waals surface area contributed by atoms with Crippen LogP contribution in [0.4, 0.5) is 0 Å². The Kier molecular flexibility index (Phi) is 3.91. The van der Waals surface area contributed by atoms with Crippen LogP contribution in [0.5, 0.6) is 0 Å². The highest BCUT2D eigenvalue weighted by molar-refractivity contribution is 5.14. The molecule has 88 valence electrons. The molecule has 1 heterocycles. The zero-order chi connectivity index (χ0) is 11.4. The molecule has 0 radical (unpaired) electrons. The molecule has 3 nitrogen and oxygen atoms in total. The molecule has 2 rings (SSSR count). The first kappa shape index (κ1) is 11.6. The van der Waals surface area contributed by atoms with Gasteiger partial charge in [-0.1, -0.05) is 12.8 Å². The topological polar surface area (TPSA) is 45.1 Å². The lowest BCUT2D eigenvalue weighted by Gasteiger charge is -2.31. The third-order valence-corrected chi connectivity index (χ3v) is 3.40. The summed E-state index contributed by atoms with van der Waals surface area (Å²) in [5.74, 6) is 0. The number of hydrogen-bond donors (Lipinski definition) is 2. The van der Waals surface area contributed by atoms with Crippen molar-refractivity contribution in [1.82, 2.24) is 10.3 Å². The standard InChI is InChI=1S/C13H20N2O/c1-10(11-6-8-14-9-7-11)15-12-4-2-3-5-13(12)16/h6-10,12-13,15-16H,2-5H2,1H3/t10?,12-,13-/m0/s1. The zero-order valence-electron chi connectivity index (χ0n) is 9.76. The zero-order valence-corrected chi connectivity index (χ0v) is 9.76. The maximum atomic E-state index is 9.89. The van der Waals surface area contributed by atoms with E-state index in [1.54, 1.807) is 0 Å². The minimum Gasteiger partial charge on any atom is -0.392 e. The number of nitrogens with zero attached hydrogens (tertiary/aromatic N) is 1. The first-order chi connectivity index (χ1) is 7.77. The molecule has 1 fully saturated rings. The van der Waals surface area contributed by atoms with E-state index in [1.165, 1.54) is 12.0 Å². The molecule has 0 aromatic carbocycles. The maximum absolute atomic E-state index is 9.89. The van der Waals surface area contributed by atoms with Crippen molar-refractivity contribution in [1.29, 1.82) is 0 Å². The van der Waals surface area contributed by atoms with Crippen molar-refractivity contribution in [2.24, 2.45) is 0 Å². The lowest BCUT2D eigenvalue weighted by Crippen LogP contribution is -2.43. The van der Waals surface area contributed by atoms with Gasteiger partial charge in [-0.25, -0.2) is 0 Å². The second kappa shape index (κ2) is 5.41. The fourth-order valence-corrected chi connectivity index (χ4v) is 2.38. The van der Waals surface area contributed by atoms with Crippen LogP contribution in [0.25, 0.3) is 0 Å². The minimum atomic E-state index is -0.182. The van der Waals surface area contributed by atoms with Crippen LogP contribution < -0.4 is 5.32 Å². The number of pyridine rings is 1. The molecule has 0 aliphatic heterocycles. The van der Waals surface area contributed by atoms with Crippen LogP contribution in [0.3, 0.4) is 0 Å². The van der Waals surface area contributed by atoms with Crippen LogP contribution in [-0.2, 0) is 0 Å². The van der Waals surface area contributed by atoms with E-state index in [0.29, 0.717) is 0 Å². The van der Waals surface area contributed by atoms with Crippen LogP contribution in [-0.4, -0.2) is 22.2 Å². The maximum Gasteiger partial charge on any atom is 0.0693 e.